The van der Waals surface area contributed by atoms with Crippen LogP contribution >= 0.6 is 0 Å². The van der Waals surface area contributed by atoms with Crippen molar-refractivity contribution in [3.05, 3.63) is 29.8 Å². The summed E-state index contributed by atoms with van der Waals surface area (Å²) in [7, 11) is 0. The molecule has 2 unspecified atom stereocenters. The maximum Gasteiger partial charge on any atom is 0.0810 e. The van der Waals surface area contributed by atoms with Gasteiger partial charge in [0.15, 0.2) is 0 Å². The lowest BCUT2D eigenvalue weighted by molar-refractivity contribution is 0.0839. The summed E-state index contributed by atoms with van der Waals surface area (Å²) in [6.45, 7) is 5.42. The van der Waals surface area contributed by atoms with Gasteiger partial charge in [-0.2, -0.15) is 0 Å². The Labute approximate surface area is 103 Å². The van der Waals surface area contributed by atoms with Crippen molar-refractivity contribution in [1.82, 2.24) is 0 Å². The minimum absolute atomic E-state index is 0.370. The topological polar surface area (TPSA) is 43.7 Å². The molecule has 0 spiro atoms. The largest absolute Gasteiger partial charge is 0.388 e. The van der Waals surface area contributed by atoms with E-state index in [1.54, 1.807) is 0 Å². The summed E-state index contributed by atoms with van der Waals surface area (Å²) in [5.74, 6) is 0. The number of nitrogens with zero attached hydrogens (tertiary/aromatic N) is 1. The number of β-amino-alcohol motifs (C(OH)–C–C–N with tert-alkyl or cyclic N) is 1. The summed E-state index contributed by atoms with van der Waals surface area (Å²) < 4.78 is 0. The lowest BCUT2D eigenvalue weighted by atomic mass is 10.1. The SMILES string of the molecule is CCC(O)c1ccc(N2CCC(C)(O)C2)cc1. The second kappa shape index (κ2) is 4.67. The molecule has 1 fully saturated rings. The Morgan fingerprint density at radius 1 is 1.35 bits per heavy atom. The molecule has 1 aromatic carbocycles. The summed E-state index contributed by atoms with van der Waals surface area (Å²) in [6.07, 6.45) is 1.18. The van der Waals surface area contributed by atoms with Crippen LogP contribution in [0.3, 0.4) is 0 Å². The molecule has 2 rings (SSSR count). The van der Waals surface area contributed by atoms with Gasteiger partial charge in [-0.05, 0) is 37.5 Å². The summed E-state index contributed by atoms with van der Waals surface area (Å²) in [6, 6.07) is 7.98. The molecule has 2 N–H and O–H groups in total. The van der Waals surface area contributed by atoms with Crippen LogP contribution in [0.2, 0.25) is 0 Å². The van der Waals surface area contributed by atoms with Gasteiger partial charge in [-0.3, -0.25) is 0 Å². The molecule has 1 aliphatic rings. The first-order valence-corrected chi connectivity index (χ1v) is 6.27. The molecule has 1 aliphatic heterocycles. The van der Waals surface area contributed by atoms with E-state index in [9.17, 15) is 10.2 Å². The van der Waals surface area contributed by atoms with Crippen LogP contribution in [0.25, 0.3) is 0 Å². The van der Waals surface area contributed by atoms with Gasteiger partial charge in [-0.25, -0.2) is 0 Å². The van der Waals surface area contributed by atoms with E-state index in [0.29, 0.717) is 6.54 Å². The molecule has 0 bridgehead atoms. The van der Waals surface area contributed by atoms with Crippen LogP contribution in [0.15, 0.2) is 24.3 Å². The van der Waals surface area contributed by atoms with E-state index in [1.165, 1.54) is 0 Å². The molecule has 1 aromatic rings. The van der Waals surface area contributed by atoms with Crippen molar-refractivity contribution < 1.29 is 10.2 Å². The molecular weight excluding hydrogens is 214 g/mol. The first-order valence-electron chi connectivity index (χ1n) is 6.27. The predicted octanol–water partition coefficient (Wildman–Crippen LogP) is 2.09. The Balaban J connectivity index is 2.09. The number of hydrogen-bond donors (Lipinski definition) is 2. The Morgan fingerprint density at radius 2 is 2.00 bits per heavy atom. The summed E-state index contributed by atoms with van der Waals surface area (Å²) >= 11 is 0. The molecule has 94 valence electrons. The first kappa shape index (κ1) is 12.4. The van der Waals surface area contributed by atoms with Crippen LogP contribution in [-0.4, -0.2) is 28.9 Å². The van der Waals surface area contributed by atoms with Gasteiger partial charge in [-0.1, -0.05) is 19.1 Å². The van der Waals surface area contributed by atoms with Gasteiger partial charge in [0, 0.05) is 18.8 Å². The van der Waals surface area contributed by atoms with E-state index in [0.717, 1.165) is 30.6 Å². The lowest BCUT2D eigenvalue weighted by Gasteiger charge is -2.21. The second-order valence-corrected chi connectivity index (χ2v) is 5.18. The molecule has 1 heterocycles. The number of anilines is 1. The average Bonchev–Trinajstić information content (AvgIpc) is 2.69. The highest BCUT2D eigenvalue weighted by Crippen LogP contribution is 2.27. The van der Waals surface area contributed by atoms with Gasteiger partial charge >= 0.3 is 0 Å². The number of aliphatic hydroxyl groups excluding tert-OH is 1. The van der Waals surface area contributed by atoms with Gasteiger partial charge in [0.05, 0.1) is 11.7 Å². The van der Waals surface area contributed by atoms with Crippen molar-refractivity contribution in [2.45, 2.75) is 38.4 Å². The van der Waals surface area contributed by atoms with Crippen LogP contribution in [0.5, 0.6) is 0 Å². The van der Waals surface area contributed by atoms with E-state index >= 15 is 0 Å². The molecule has 0 saturated carbocycles. The standard InChI is InChI=1S/C14H21NO2/c1-3-13(16)11-4-6-12(7-5-11)15-9-8-14(2,17)10-15/h4-7,13,16-17H,3,8-10H2,1-2H3. The number of rotatable bonds is 3. The summed E-state index contributed by atoms with van der Waals surface area (Å²) in [5, 5.41) is 19.6. The highest BCUT2D eigenvalue weighted by molar-refractivity contribution is 5.49. The third kappa shape index (κ3) is 2.79. The third-order valence-electron chi connectivity index (χ3n) is 3.48. The Kier molecular flexibility index (Phi) is 3.40. The zero-order valence-electron chi connectivity index (χ0n) is 10.6. The molecular formula is C14H21NO2. The minimum atomic E-state index is -0.568. The average molecular weight is 235 g/mol. The van der Waals surface area contributed by atoms with Crippen molar-refractivity contribution in [3.8, 4) is 0 Å². The van der Waals surface area contributed by atoms with E-state index in [4.69, 9.17) is 0 Å². The van der Waals surface area contributed by atoms with Gasteiger partial charge in [0.2, 0.25) is 0 Å². The van der Waals surface area contributed by atoms with E-state index in [-0.39, 0.29) is 6.10 Å². The normalized spacial score (nSPS) is 26.2. The zero-order valence-corrected chi connectivity index (χ0v) is 10.6. The third-order valence-corrected chi connectivity index (χ3v) is 3.48. The monoisotopic (exact) mass is 235 g/mol. The molecule has 0 amide bonds. The van der Waals surface area contributed by atoms with Crippen LogP contribution in [0.1, 0.15) is 38.4 Å². The molecule has 3 nitrogen and oxygen atoms in total. The Morgan fingerprint density at radius 3 is 2.47 bits per heavy atom. The highest BCUT2D eigenvalue weighted by atomic mass is 16.3. The smallest absolute Gasteiger partial charge is 0.0810 e. The van der Waals surface area contributed by atoms with Gasteiger partial charge in [0.1, 0.15) is 0 Å². The van der Waals surface area contributed by atoms with Crippen molar-refractivity contribution in [2.75, 3.05) is 18.0 Å². The number of aliphatic hydroxyl groups is 2. The number of benzene rings is 1. The molecule has 0 aromatic heterocycles. The molecule has 1 saturated heterocycles. The molecule has 2 atom stereocenters. The predicted molar refractivity (Wildman–Crippen MR) is 69.1 cm³/mol. The van der Waals surface area contributed by atoms with E-state index in [2.05, 4.69) is 4.90 Å². The number of hydrogen-bond acceptors (Lipinski definition) is 3. The van der Waals surface area contributed by atoms with Crippen LogP contribution < -0.4 is 4.90 Å². The van der Waals surface area contributed by atoms with E-state index in [1.807, 2.05) is 38.1 Å². The molecule has 0 radical (unpaired) electrons. The van der Waals surface area contributed by atoms with Crippen molar-refractivity contribution in [1.29, 1.82) is 0 Å². The van der Waals surface area contributed by atoms with Crippen LogP contribution in [-0.2, 0) is 0 Å². The van der Waals surface area contributed by atoms with E-state index < -0.39 is 5.60 Å². The first-order chi connectivity index (χ1) is 8.02. The van der Waals surface area contributed by atoms with Gasteiger partial charge in [-0.15, -0.1) is 0 Å². The quantitative estimate of drug-likeness (QED) is 0.843. The lowest BCUT2D eigenvalue weighted by Crippen LogP contribution is -2.29. The van der Waals surface area contributed by atoms with Crippen molar-refractivity contribution in [3.63, 3.8) is 0 Å². The van der Waals surface area contributed by atoms with Crippen LogP contribution in [0, 0.1) is 0 Å². The maximum atomic E-state index is 9.93. The maximum absolute atomic E-state index is 9.93. The van der Waals surface area contributed by atoms with Crippen molar-refractivity contribution in [2.24, 2.45) is 0 Å². The highest BCUT2D eigenvalue weighted by Gasteiger charge is 2.31. The Bertz CT molecular complexity index is 372. The molecule has 17 heavy (non-hydrogen) atoms. The minimum Gasteiger partial charge on any atom is -0.388 e. The fourth-order valence-corrected chi connectivity index (χ4v) is 2.31. The summed E-state index contributed by atoms with van der Waals surface area (Å²) in [5.41, 5.74) is 1.51. The second-order valence-electron chi connectivity index (χ2n) is 5.18. The van der Waals surface area contributed by atoms with Gasteiger partial charge in [0.25, 0.3) is 0 Å². The molecule has 0 aliphatic carbocycles. The van der Waals surface area contributed by atoms with Crippen molar-refractivity contribution >= 4 is 5.69 Å². The van der Waals surface area contributed by atoms with Crippen LogP contribution in [0.4, 0.5) is 5.69 Å². The summed E-state index contributed by atoms with van der Waals surface area (Å²) in [4.78, 5) is 2.18. The fourth-order valence-electron chi connectivity index (χ4n) is 2.31. The Hall–Kier alpha value is -1.06. The zero-order chi connectivity index (χ0) is 12.5. The fraction of sp³-hybridized carbons (Fsp3) is 0.571. The molecule has 3 heteroatoms. The van der Waals surface area contributed by atoms with Gasteiger partial charge < -0.3 is 15.1 Å².